The van der Waals surface area contributed by atoms with Crippen LogP contribution in [0.3, 0.4) is 0 Å². The summed E-state index contributed by atoms with van der Waals surface area (Å²) in [6, 6.07) is 0. The van der Waals surface area contributed by atoms with E-state index in [9.17, 15) is 9.59 Å². The molecule has 0 aromatic heterocycles. The van der Waals surface area contributed by atoms with Gasteiger partial charge in [0, 0.05) is 6.54 Å². The van der Waals surface area contributed by atoms with Crippen LogP contribution in [0, 0.1) is 0 Å². The average molecular weight is 254 g/mol. The van der Waals surface area contributed by atoms with E-state index in [0.29, 0.717) is 6.54 Å². The third kappa shape index (κ3) is 4.87. The minimum Gasteiger partial charge on any atom is -0.481 e. The van der Waals surface area contributed by atoms with Crippen LogP contribution in [-0.4, -0.2) is 35.6 Å². The van der Waals surface area contributed by atoms with Gasteiger partial charge in [-0.05, 0) is 12.8 Å². The zero-order valence-corrected chi connectivity index (χ0v) is 10.7. The number of amides is 1. The van der Waals surface area contributed by atoms with Crippen molar-refractivity contribution in [2.24, 2.45) is 0 Å². The van der Waals surface area contributed by atoms with E-state index in [2.05, 4.69) is 17.2 Å². The molecule has 0 radical (unpaired) electrons. The summed E-state index contributed by atoms with van der Waals surface area (Å²) in [4.78, 5) is 22.7. The third-order valence-electron chi connectivity index (χ3n) is 3.28. The first-order valence-corrected chi connectivity index (χ1v) is 6.42. The maximum Gasteiger partial charge on any atom is 0.305 e. The van der Waals surface area contributed by atoms with Crippen molar-refractivity contribution in [2.45, 2.75) is 44.1 Å². The van der Waals surface area contributed by atoms with E-state index in [-0.39, 0.29) is 18.9 Å². The van der Waals surface area contributed by atoms with Crippen LogP contribution < -0.4 is 10.6 Å². The summed E-state index contributed by atoms with van der Waals surface area (Å²) in [6.45, 7) is 4.32. The highest BCUT2D eigenvalue weighted by atomic mass is 16.4. The molecule has 0 aromatic rings. The second-order valence-corrected chi connectivity index (χ2v) is 4.88. The topological polar surface area (TPSA) is 78.4 Å². The van der Waals surface area contributed by atoms with Gasteiger partial charge < -0.3 is 15.7 Å². The molecule has 0 heterocycles. The zero-order valence-electron chi connectivity index (χ0n) is 10.7. The molecule has 0 aromatic carbocycles. The van der Waals surface area contributed by atoms with Crippen molar-refractivity contribution < 1.29 is 14.7 Å². The van der Waals surface area contributed by atoms with Gasteiger partial charge in [0.2, 0.25) is 5.91 Å². The van der Waals surface area contributed by atoms with Crippen molar-refractivity contribution in [3.8, 4) is 0 Å². The van der Waals surface area contributed by atoms with Crippen LogP contribution in [0.5, 0.6) is 0 Å². The number of aliphatic carboxylic acids is 1. The first-order chi connectivity index (χ1) is 8.58. The van der Waals surface area contributed by atoms with Gasteiger partial charge in [0.1, 0.15) is 0 Å². The molecule has 18 heavy (non-hydrogen) atoms. The summed E-state index contributed by atoms with van der Waals surface area (Å²) >= 11 is 0. The summed E-state index contributed by atoms with van der Waals surface area (Å²) < 4.78 is 0. The molecule has 0 atom stereocenters. The van der Waals surface area contributed by atoms with Crippen LogP contribution in [0.15, 0.2) is 12.7 Å². The Kier molecular flexibility index (Phi) is 5.85. The fraction of sp³-hybridized carbons (Fsp3) is 0.692. The standard InChI is InChI=1S/C13H22N2O3/c1-2-8-14-10-11(16)15-13(9-12(17)18)6-4-3-5-7-13/h2,14H,1,3-10H2,(H,15,16)(H,17,18). The van der Waals surface area contributed by atoms with Gasteiger partial charge in [-0.15, -0.1) is 6.58 Å². The minimum atomic E-state index is -0.851. The normalized spacial score (nSPS) is 18.0. The monoisotopic (exact) mass is 254 g/mol. The maximum absolute atomic E-state index is 11.8. The average Bonchev–Trinajstić information content (AvgIpc) is 2.29. The molecule has 3 N–H and O–H groups in total. The van der Waals surface area contributed by atoms with E-state index >= 15 is 0 Å². The Hall–Kier alpha value is -1.36. The van der Waals surface area contributed by atoms with Crippen molar-refractivity contribution in [1.29, 1.82) is 0 Å². The van der Waals surface area contributed by atoms with Gasteiger partial charge >= 0.3 is 5.97 Å². The fourth-order valence-corrected chi connectivity index (χ4v) is 2.49. The van der Waals surface area contributed by atoms with Gasteiger partial charge in [0.25, 0.3) is 0 Å². The van der Waals surface area contributed by atoms with Crippen LogP contribution >= 0.6 is 0 Å². The highest BCUT2D eigenvalue weighted by Gasteiger charge is 2.35. The summed E-state index contributed by atoms with van der Waals surface area (Å²) in [5.41, 5.74) is -0.545. The molecule has 1 rings (SSSR count). The van der Waals surface area contributed by atoms with Gasteiger partial charge in [-0.2, -0.15) is 0 Å². The summed E-state index contributed by atoms with van der Waals surface area (Å²) in [5.74, 6) is -0.990. The Labute approximate surface area is 108 Å². The Morgan fingerprint density at radius 3 is 2.50 bits per heavy atom. The molecule has 1 saturated carbocycles. The SMILES string of the molecule is C=CCNCC(=O)NC1(CC(=O)O)CCCCC1. The minimum absolute atomic E-state index is 0.0141. The highest BCUT2D eigenvalue weighted by Crippen LogP contribution is 2.31. The molecule has 0 saturated heterocycles. The Morgan fingerprint density at radius 2 is 1.94 bits per heavy atom. The molecule has 102 valence electrons. The number of hydrogen-bond acceptors (Lipinski definition) is 3. The Balaban J connectivity index is 2.52. The van der Waals surface area contributed by atoms with E-state index < -0.39 is 11.5 Å². The fourth-order valence-electron chi connectivity index (χ4n) is 2.49. The molecular formula is C13H22N2O3. The smallest absolute Gasteiger partial charge is 0.305 e. The van der Waals surface area contributed by atoms with Crippen molar-refractivity contribution >= 4 is 11.9 Å². The zero-order chi connectivity index (χ0) is 13.4. The largest absolute Gasteiger partial charge is 0.481 e. The van der Waals surface area contributed by atoms with Gasteiger partial charge in [-0.25, -0.2) is 0 Å². The highest BCUT2D eigenvalue weighted by molar-refractivity contribution is 5.80. The Bertz CT molecular complexity index is 309. The number of nitrogens with one attached hydrogen (secondary N) is 2. The third-order valence-corrected chi connectivity index (χ3v) is 3.28. The summed E-state index contributed by atoms with van der Waals surface area (Å²) in [5, 5.41) is 14.8. The van der Waals surface area contributed by atoms with E-state index in [1.807, 2.05) is 0 Å². The summed E-state index contributed by atoms with van der Waals surface area (Å²) in [7, 11) is 0. The van der Waals surface area contributed by atoms with Crippen molar-refractivity contribution in [2.75, 3.05) is 13.1 Å². The van der Waals surface area contributed by atoms with Crippen molar-refractivity contribution in [3.05, 3.63) is 12.7 Å². The Morgan fingerprint density at radius 1 is 1.28 bits per heavy atom. The number of carboxylic acids is 1. The number of carbonyl (C=O) groups is 2. The molecule has 0 bridgehead atoms. The first kappa shape index (κ1) is 14.7. The lowest BCUT2D eigenvalue weighted by Gasteiger charge is -2.37. The molecule has 1 aliphatic rings. The maximum atomic E-state index is 11.8. The molecule has 1 amide bonds. The molecule has 5 nitrogen and oxygen atoms in total. The van der Waals surface area contributed by atoms with Gasteiger partial charge in [0.15, 0.2) is 0 Å². The van der Waals surface area contributed by atoms with E-state index in [4.69, 9.17) is 5.11 Å². The number of hydrogen-bond donors (Lipinski definition) is 3. The van der Waals surface area contributed by atoms with E-state index in [1.54, 1.807) is 6.08 Å². The number of rotatable bonds is 7. The van der Waals surface area contributed by atoms with Crippen LogP contribution in [0.1, 0.15) is 38.5 Å². The van der Waals surface area contributed by atoms with Crippen LogP contribution in [-0.2, 0) is 9.59 Å². The lowest BCUT2D eigenvalue weighted by atomic mass is 9.79. The predicted octanol–water partition coefficient (Wildman–Crippen LogP) is 1.06. The quantitative estimate of drug-likeness (QED) is 0.469. The number of carbonyl (C=O) groups excluding carboxylic acids is 1. The molecule has 0 unspecified atom stereocenters. The molecule has 0 aliphatic heterocycles. The molecule has 5 heteroatoms. The molecule has 0 spiro atoms. The first-order valence-electron chi connectivity index (χ1n) is 6.42. The molecule has 1 fully saturated rings. The summed E-state index contributed by atoms with van der Waals surface area (Å²) in [6.07, 6.45) is 6.29. The van der Waals surface area contributed by atoms with Crippen molar-refractivity contribution in [1.82, 2.24) is 10.6 Å². The van der Waals surface area contributed by atoms with Gasteiger partial charge in [-0.3, -0.25) is 9.59 Å². The molecular weight excluding hydrogens is 232 g/mol. The van der Waals surface area contributed by atoms with Crippen LogP contribution in [0.2, 0.25) is 0 Å². The van der Waals surface area contributed by atoms with Crippen molar-refractivity contribution in [3.63, 3.8) is 0 Å². The number of carboxylic acid groups (broad SMARTS) is 1. The lowest BCUT2D eigenvalue weighted by molar-refractivity contribution is -0.139. The van der Waals surface area contributed by atoms with Gasteiger partial charge in [-0.1, -0.05) is 25.3 Å². The van der Waals surface area contributed by atoms with E-state index in [1.165, 1.54) is 0 Å². The predicted molar refractivity (Wildman–Crippen MR) is 69.3 cm³/mol. The van der Waals surface area contributed by atoms with E-state index in [0.717, 1.165) is 32.1 Å². The second-order valence-electron chi connectivity index (χ2n) is 4.88. The van der Waals surface area contributed by atoms with Crippen LogP contribution in [0.25, 0.3) is 0 Å². The van der Waals surface area contributed by atoms with Crippen LogP contribution in [0.4, 0.5) is 0 Å². The second kappa shape index (κ2) is 7.16. The molecule has 1 aliphatic carbocycles. The lowest BCUT2D eigenvalue weighted by Crippen LogP contribution is -2.53. The van der Waals surface area contributed by atoms with Gasteiger partial charge in [0.05, 0.1) is 18.5 Å².